The van der Waals surface area contributed by atoms with E-state index in [1.165, 1.54) is 0 Å². The Balaban J connectivity index is 2.49. The second kappa shape index (κ2) is 6.38. The van der Waals surface area contributed by atoms with Gasteiger partial charge in [0.25, 0.3) is 0 Å². The van der Waals surface area contributed by atoms with E-state index in [1.807, 2.05) is 0 Å². The van der Waals surface area contributed by atoms with E-state index in [0.717, 1.165) is 0 Å². The highest BCUT2D eigenvalue weighted by molar-refractivity contribution is 7.92. The molecule has 0 N–H and O–H groups in total. The SMILES string of the molecule is CCOP(=O)(CS(=O)CC1(F)COC1)OCC. The van der Waals surface area contributed by atoms with Gasteiger partial charge < -0.3 is 13.8 Å². The van der Waals surface area contributed by atoms with Crippen molar-refractivity contribution in [3.63, 3.8) is 0 Å². The van der Waals surface area contributed by atoms with Crippen LogP contribution in [0.4, 0.5) is 4.39 Å². The third kappa shape index (κ3) is 4.75. The molecule has 0 radical (unpaired) electrons. The predicted octanol–water partition coefficient (Wildman–Crippen LogP) is 1.70. The summed E-state index contributed by atoms with van der Waals surface area (Å²) in [5.74, 6) is -0.183. The van der Waals surface area contributed by atoms with Crippen LogP contribution in [0.25, 0.3) is 0 Å². The van der Waals surface area contributed by atoms with Crippen LogP contribution in [0.5, 0.6) is 0 Å². The minimum absolute atomic E-state index is 0.0493. The standard InChI is InChI=1S/C9H18FO5PS/c1-3-14-16(11,15-4-2)8-17(12)7-9(10)5-13-6-9/h3-8H2,1-2H3. The molecule has 1 aliphatic heterocycles. The fourth-order valence-corrected chi connectivity index (χ4v) is 5.40. The van der Waals surface area contributed by atoms with Gasteiger partial charge in [0.15, 0.2) is 5.67 Å². The van der Waals surface area contributed by atoms with Crippen molar-refractivity contribution < 1.29 is 26.9 Å². The predicted molar refractivity (Wildman–Crippen MR) is 63.4 cm³/mol. The summed E-state index contributed by atoms with van der Waals surface area (Å²) in [4.78, 5) is 0. The van der Waals surface area contributed by atoms with Crippen LogP contribution in [0, 0.1) is 0 Å². The van der Waals surface area contributed by atoms with E-state index in [2.05, 4.69) is 0 Å². The molecule has 1 atom stereocenters. The largest absolute Gasteiger partial charge is 0.375 e. The van der Waals surface area contributed by atoms with Crippen molar-refractivity contribution in [3.05, 3.63) is 0 Å². The second-order valence-electron chi connectivity index (χ2n) is 3.80. The van der Waals surface area contributed by atoms with Crippen LogP contribution in [0.2, 0.25) is 0 Å². The lowest BCUT2D eigenvalue weighted by molar-refractivity contribution is -0.115. The number of hydrogen-bond acceptors (Lipinski definition) is 5. The Morgan fingerprint density at radius 3 is 2.24 bits per heavy atom. The Bertz CT molecular complexity index is 311. The Hall–Kier alpha value is 0.190. The summed E-state index contributed by atoms with van der Waals surface area (Å²) in [6.45, 7) is 3.66. The van der Waals surface area contributed by atoms with Gasteiger partial charge in [-0.1, -0.05) is 0 Å². The molecule has 0 aliphatic carbocycles. The number of halogens is 1. The monoisotopic (exact) mass is 288 g/mol. The molecule has 1 fully saturated rings. The Morgan fingerprint density at radius 2 is 1.88 bits per heavy atom. The van der Waals surface area contributed by atoms with Gasteiger partial charge in [-0.25, -0.2) is 4.39 Å². The van der Waals surface area contributed by atoms with Gasteiger partial charge in [-0.2, -0.15) is 0 Å². The number of ether oxygens (including phenoxy) is 1. The summed E-state index contributed by atoms with van der Waals surface area (Å²) in [5, 5.41) is 0. The molecule has 1 heterocycles. The molecule has 0 saturated carbocycles. The lowest BCUT2D eigenvalue weighted by Crippen LogP contribution is -2.49. The molecule has 0 aromatic rings. The highest BCUT2D eigenvalue weighted by Crippen LogP contribution is 2.48. The summed E-state index contributed by atoms with van der Waals surface area (Å²) in [6, 6.07) is 0. The van der Waals surface area contributed by atoms with Gasteiger partial charge in [-0.3, -0.25) is 8.77 Å². The summed E-state index contributed by atoms with van der Waals surface area (Å²) >= 11 is 0. The molecular weight excluding hydrogens is 270 g/mol. The Kier molecular flexibility index (Phi) is 5.73. The van der Waals surface area contributed by atoms with E-state index in [4.69, 9.17) is 13.8 Å². The Labute approximate surface area is 103 Å². The first kappa shape index (κ1) is 15.2. The molecule has 5 nitrogen and oxygen atoms in total. The molecule has 0 aromatic carbocycles. The molecule has 0 amide bonds. The first-order valence-electron chi connectivity index (χ1n) is 5.43. The maximum Gasteiger partial charge on any atom is 0.343 e. The van der Waals surface area contributed by atoms with Crippen LogP contribution in [-0.4, -0.2) is 47.6 Å². The maximum absolute atomic E-state index is 13.6. The van der Waals surface area contributed by atoms with E-state index in [0.29, 0.717) is 0 Å². The minimum atomic E-state index is -3.36. The highest BCUT2D eigenvalue weighted by Gasteiger charge is 2.42. The van der Waals surface area contributed by atoms with Crippen LogP contribution in [0.15, 0.2) is 0 Å². The fourth-order valence-electron chi connectivity index (χ4n) is 1.42. The molecule has 102 valence electrons. The molecule has 1 unspecified atom stereocenters. The van der Waals surface area contributed by atoms with Crippen LogP contribution in [0.3, 0.4) is 0 Å². The first-order chi connectivity index (χ1) is 7.93. The number of alkyl halides is 1. The van der Waals surface area contributed by atoms with E-state index < -0.39 is 24.1 Å². The minimum Gasteiger partial charge on any atom is -0.375 e. The van der Waals surface area contributed by atoms with E-state index in [9.17, 15) is 13.2 Å². The zero-order valence-corrected chi connectivity index (χ0v) is 11.7. The topological polar surface area (TPSA) is 61.8 Å². The first-order valence-corrected chi connectivity index (χ1v) is 8.64. The lowest BCUT2D eigenvalue weighted by atomic mass is 10.1. The molecule has 1 aliphatic rings. The zero-order valence-electron chi connectivity index (χ0n) is 10.0. The second-order valence-corrected chi connectivity index (χ2v) is 7.74. The average molecular weight is 288 g/mol. The number of rotatable bonds is 8. The molecular formula is C9H18FO5PS. The van der Waals surface area contributed by atoms with Crippen LogP contribution < -0.4 is 0 Å². The summed E-state index contributed by atoms with van der Waals surface area (Å²) < 4.78 is 52.0. The molecule has 0 aromatic heterocycles. The number of hydrogen-bond donors (Lipinski definition) is 0. The molecule has 1 saturated heterocycles. The maximum atomic E-state index is 13.6. The van der Waals surface area contributed by atoms with Crippen molar-refractivity contribution in [1.82, 2.24) is 0 Å². The summed E-state index contributed by atoms with van der Waals surface area (Å²) in [5.41, 5.74) is -1.81. The third-order valence-corrected chi connectivity index (χ3v) is 6.65. The van der Waals surface area contributed by atoms with Crippen LogP contribution in [0.1, 0.15) is 13.8 Å². The van der Waals surface area contributed by atoms with Gasteiger partial charge in [0.05, 0.1) is 32.2 Å². The van der Waals surface area contributed by atoms with Crippen LogP contribution in [-0.2, 0) is 29.1 Å². The smallest absolute Gasteiger partial charge is 0.343 e. The van der Waals surface area contributed by atoms with Crippen LogP contribution >= 0.6 is 7.60 Å². The van der Waals surface area contributed by atoms with Crippen molar-refractivity contribution >= 4 is 18.4 Å². The molecule has 0 spiro atoms. The average Bonchev–Trinajstić information content (AvgIpc) is 2.15. The van der Waals surface area contributed by atoms with E-state index >= 15 is 0 Å². The zero-order chi connectivity index (χ0) is 12.9. The highest BCUT2D eigenvalue weighted by atomic mass is 32.2. The molecule has 8 heteroatoms. The van der Waals surface area contributed by atoms with Gasteiger partial charge in [0.1, 0.15) is 5.49 Å². The van der Waals surface area contributed by atoms with E-state index in [1.54, 1.807) is 13.8 Å². The molecule has 17 heavy (non-hydrogen) atoms. The van der Waals surface area contributed by atoms with Crippen molar-refractivity contribution in [3.8, 4) is 0 Å². The van der Waals surface area contributed by atoms with Gasteiger partial charge in [-0.15, -0.1) is 0 Å². The van der Waals surface area contributed by atoms with Gasteiger partial charge >= 0.3 is 7.60 Å². The quantitative estimate of drug-likeness (QED) is 0.636. The van der Waals surface area contributed by atoms with E-state index in [-0.39, 0.29) is 37.7 Å². The fraction of sp³-hybridized carbons (Fsp3) is 1.00. The third-order valence-electron chi connectivity index (χ3n) is 2.09. The summed E-state index contributed by atoms with van der Waals surface area (Å²) in [6.07, 6.45) is 0. The van der Waals surface area contributed by atoms with Crippen molar-refractivity contribution in [1.29, 1.82) is 0 Å². The van der Waals surface area contributed by atoms with Crippen molar-refractivity contribution in [2.24, 2.45) is 0 Å². The summed E-state index contributed by atoms with van der Waals surface area (Å²) in [7, 11) is -4.93. The van der Waals surface area contributed by atoms with Gasteiger partial charge in [0.2, 0.25) is 0 Å². The van der Waals surface area contributed by atoms with Gasteiger partial charge in [0, 0.05) is 10.8 Å². The van der Waals surface area contributed by atoms with Crippen molar-refractivity contribution in [2.45, 2.75) is 19.5 Å². The lowest BCUT2D eigenvalue weighted by Gasteiger charge is -2.33. The Morgan fingerprint density at radius 1 is 1.35 bits per heavy atom. The molecule has 1 rings (SSSR count). The van der Waals surface area contributed by atoms with Crippen molar-refractivity contribution in [2.75, 3.05) is 37.7 Å². The normalized spacial score (nSPS) is 20.9. The molecule has 0 bridgehead atoms. The van der Waals surface area contributed by atoms with Gasteiger partial charge in [-0.05, 0) is 13.8 Å².